The number of rotatable bonds is 3. The van der Waals surface area contributed by atoms with Gasteiger partial charge in [-0.2, -0.15) is 5.10 Å². The van der Waals surface area contributed by atoms with Crippen molar-refractivity contribution in [3.8, 4) is 0 Å². The predicted molar refractivity (Wildman–Crippen MR) is 52.5 cm³/mol. The summed E-state index contributed by atoms with van der Waals surface area (Å²) < 4.78 is 1.32. The number of nitrogens with zero attached hydrogens (tertiary/aromatic N) is 4. The predicted octanol–water partition coefficient (Wildman–Crippen LogP) is -0.0474. The molecule has 0 unspecified atom stereocenters. The van der Waals surface area contributed by atoms with Crippen molar-refractivity contribution in [1.82, 2.24) is 19.7 Å². The van der Waals surface area contributed by atoms with Crippen LogP contribution in [0.1, 0.15) is 0 Å². The van der Waals surface area contributed by atoms with E-state index in [1.54, 1.807) is 13.2 Å². The van der Waals surface area contributed by atoms with Gasteiger partial charge in [0.25, 0.3) is 0 Å². The van der Waals surface area contributed by atoms with Crippen LogP contribution in [0.3, 0.4) is 0 Å². The third-order valence-electron chi connectivity index (χ3n) is 1.96. The van der Waals surface area contributed by atoms with Crippen LogP contribution in [0.25, 0.3) is 11.0 Å². The Morgan fingerprint density at radius 2 is 2.40 bits per heavy atom. The Hall–Kier alpha value is -2.18. The molecule has 0 bridgehead atoms. The van der Waals surface area contributed by atoms with Crippen LogP contribution >= 0.6 is 0 Å². The molecular formula is C8H9N5O2. The number of fused-ring (bicyclic) bond motifs is 1. The second kappa shape index (κ2) is 3.52. The summed E-state index contributed by atoms with van der Waals surface area (Å²) in [6.45, 7) is -0.205. The van der Waals surface area contributed by atoms with Crippen LogP contribution in [0.5, 0.6) is 0 Å². The van der Waals surface area contributed by atoms with Crippen molar-refractivity contribution in [2.24, 2.45) is 0 Å². The molecule has 0 saturated carbocycles. The van der Waals surface area contributed by atoms with E-state index in [9.17, 15) is 4.79 Å². The number of nitrogens with one attached hydrogen (secondary N) is 1. The van der Waals surface area contributed by atoms with Crippen LogP contribution in [0, 0.1) is 0 Å². The van der Waals surface area contributed by atoms with E-state index in [0.29, 0.717) is 16.9 Å². The molecule has 0 fully saturated rings. The van der Waals surface area contributed by atoms with Crippen LogP contribution in [0.4, 0.5) is 5.82 Å². The first-order chi connectivity index (χ1) is 7.22. The molecule has 7 nitrogen and oxygen atoms in total. The van der Waals surface area contributed by atoms with E-state index in [0.717, 1.165) is 0 Å². The first-order valence-corrected chi connectivity index (χ1v) is 4.28. The lowest BCUT2D eigenvalue weighted by Gasteiger charge is -2.00. The Labute approximate surface area is 84.8 Å². The van der Waals surface area contributed by atoms with E-state index < -0.39 is 5.97 Å². The van der Waals surface area contributed by atoms with E-state index in [1.807, 2.05) is 0 Å². The van der Waals surface area contributed by atoms with E-state index in [1.165, 1.54) is 11.0 Å². The monoisotopic (exact) mass is 207 g/mol. The van der Waals surface area contributed by atoms with Crippen LogP contribution in [-0.2, 0) is 11.3 Å². The van der Waals surface area contributed by atoms with Crippen molar-refractivity contribution >= 4 is 22.8 Å². The van der Waals surface area contributed by atoms with Crippen LogP contribution in [0.2, 0.25) is 0 Å². The van der Waals surface area contributed by atoms with Crippen molar-refractivity contribution in [1.29, 1.82) is 0 Å². The van der Waals surface area contributed by atoms with E-state index in [2.05, 4.69) is 20.4 Å². The first-order valence-electron chi connectivity index (χ1n) is 4.28. The smallest absolute Gasteiger partial charge is 0.325 e. The molecule has 2 N–H and O–H groups in total. The summed E-state index contributed by atoms with van der Waals surface area (Å²) in [7, 11) is 1.73. The number of aliphatic carboxylic acids is 1. The highest BCUT2D eigenvalue weighted by molar-refractivity contribution is 5.86. The zero-order valence-electron chi connectivity index (χ0n) is 8.01. The van der Waals surface area contributed by atoms with Gasteiger partial charge >= 0.3 is 5.97 Å². The molecule has 0 radical (unpaired) electrons. The number of carboxylic acid groups (broad SMARTS) is 1. The second-order valence-corrected chi connectivity index (χ2v) is 2.91. The molecule has 0 atom stereocenters. The van der Waals surface area contributed by atoms with Crippen molar-refractivity contribution in [2.75, 3.05) is 12.4 Å². The third kappa shape index (κ3) is 1.58. The molecule has 2 aromatic rings. The fourth-order valence-electron chi connectivity index (χ4n) is 1.34. The zero-order chi connectivity index (χ0) is 10.8. The van der Waals surface area contributed by atoms with Crippen molar-refractivity contribution in [3.63, 3.8) is 0 Å². The standard InChI is InChI=1S/C8H9N5O2/c1-9-7-5-2-12-13(3-6(14)15)8(5)11-4-10-7/h2,4H,3H2,1H3,(H,14,15)(H,9,10,11). The number of aromatic nitrogens is 4. The molecule has 2 heterocycles. The Morgan fingerprint density at radius 3 is 3.07 bits per heavy atom. The van der Waals surface area contributed by atoms with Gasteiger partial charge < -0.3 is 10.4 Å². The fraction of sp³-hybridized carbons (Fsp3) is 0.250. The fourth-order valence-corrected chi connectivity index (χ4v) is 1.34. The molecule has 0 aliphatic carbocycles. The van der Waals surface area contributed by atoms with Gasteiger partial charge in [0.05, 0.1) is 11.6 Å². The molecular weight excluding hydrogens is 198 g/mol. The van der Waals surface area contributed by atoms with Crippen LogP contribution < -0.4 is 5.32 Å². The van der Waals surface area contributed by atoms with Gasteiger partial charge in [0, 0.05) is 7.05 Å². The molecule has 78 valence electrons. The highest BCUT2D eigenvalue weighted by Gasteiger charge is 2.10. The zero-order valence-corrected chi connectivity index (χ0v) is 8.01. The Kier molecular flexibility index (Phi) is 2.20. The molecule has 0 spiro atoms. The Bertz CT molecular complexity index is 507. The molecule has 15 heavy (non-hydrogen) atoms. The summed E-state index contributed by atoms with van der Waals surface area (Å²) in [5, 5.41) is 16.2. The molecule has 0 aliphatic heterocycles. The summed E-state index contributed by atoms with van der Waals surface area (Å²) in [5.74, 6) is -0.318. The molecule has 0 saturated heterocycles. The summed E-state index contributed by atoms with van der Waals surface area (Å²) in [5.41, 5.74) is 0.511. The van der Waals surface area contributed by atoms with E-state index in [4.69, 9.17) is 5.11 Å². The van der Waals surface area contributed by atoms with E-state index in [-0.39, 0.29) is 6.54 Å². The minimum atomic E-state index is -0.954. The maximum absolute atomic E-state index is 10.5. The molecule has 2 aromatic heterocycles. The number of hydrogen-bond donors (Lipinski definition) is 2. The lowest BCUT2D eigenvalue weighted by atomic mass is 10.4. The van der Waals surface area contributed by atoms with Gasteiger partial charge in [0.1, 0.15) is 18.7 Å². The lowest BCUT2D eigenvalue weighted by molar-refractivity contribution is -0.137. The third-order valence-corrected chi connectivity index (χ3v) is 1.96. The lowest BCUT2D eigenvalue weighted by Crippen LogP contribution is -2.10. The number of anilines is 1. The molecule has 2 rings (SSSR count). The minimum Gasteiger partial charge on any atom is -0.480 e. The molecule has 0 aromatic carbocycles. The van der Waals surface area contributed by atoms with Gasteiger partial charge in [-0.25, -0.2) is 14.6 Å². The molecule has 0 aliphatic rings. The number of carbonyl (C=O) groups is 1. The molecule has 0 amide bonds. The maximum Gasteiger partial charge on any atom is 0.325 e. The normalized spacial score (nSPS) is 10.5. The Morgan fingerprint density at radius 1 is 1.60 bits per heavy atom. The first kappa shape index (κ1) is 9.38. The SMILES string of the molecule is CNc1ncnc2c1cnn2CC(=O)O. The van der Waals surface area contributed by atoms with E-state index >= 15 is 0 Å². The van der Waals surface area contributed by atoms with Gasteiger partial charge in [0.15, 0.2) is 5.65 Å². The minimum absolute atomic E-state index is 0.205. The van der Waals surface area contributed by atoms with Crippen molar-refractivity contribution < 1.29 is 9.90 Å². The Balaban J connectivity index is 2.55. The van der Waals surface area contributed by atoms with Gasteiger partial charge in [-0.15, -0.1) is 0 Å². The van der Waals surface area contributed by atoms with Crippen LogP contribution in [0.15, 0.2) is 12.5 Å². The highest BCUT2D eigenvalue weighted by atomic mass is 16.4. The summed E-state index contributed by atoms with van der Waals surface area (Å²) >= 11 is 0. The van der Waals surface area contributed by atoms with Crippen LogP contribution in [-0.4, -0.2) is 37.9 Å². The van der Waals surface area contributed by atoms with Gasteiger partial charge in [-0.3, -0.25) is 4.79 Å². The average molecular weight is 207 g/mol. The second-order valence-electron chi connectivity index (χ2n) is 2.91. The van der Waals surface area contributed by atoms with Gasteiger partial charge in [-0.1, -0.05) is 0 Å². The number of hydrogen-bond acceptors (Lipinski definition) is 5. The maximum atomic E-state index is 10.5. The number of carboxylic acids is 1. The quantitative estimate of drug-likeness (QED) is 0.733. The molecule has 7 heteroatoms. The summed E-state index contributed by atoms with van der Waals surface area (Å²) in [6, 6.07) is 0. The topological polar surface area (TPSA) is 92.9 Å². The summed E-state index contributed by atoms with van der Waals surface area (Å²) in [4.78, 5) is 18.5. The average Bonchev–Trinajstić information content (AvgIpc) is 2.61. The van der Waals surface area contributed by atoms with Gasteiger partial charge in [-0.05, 0) is 0 Å². The van der Waals surface area contributed by atoms with Gasteiger partial charge in [0.2, 0.25) is 0 Å². The van der Waals surface area contributed by atoms with Crippen molar-refractivity contribution in [2.45, 2.75) is 6.54 Å². The van der Waals surface area contributed by atoms with Crippen molar-refractivity contribution in [3.05, 3.63) is 12.5 Å². The summed E-state index contributed by atoms with van der Waals surface area (Å²) in [6.07, 6.45) is 2.91. The highest BCUT2D eigenvalue weighted by Crippen LogP contribution is 2.17. The largest absolute Gasteiger partial charge is 0.480 e.